The third-order valence-corrected chi connectivity index (χ3v) is 6.15. The maximum absolute atomic E-state index is 12.5. The largest absolute Gasteiger partial charge is 0.481 e. The van der Waals surface area contributed by atoms with E-state index in [9.17, 15) is 14.4 Å². The van der Waals surface area contributed by atoms with E-state index in [1.165, 1.54) is 11.1 Å². The molecule has 0 radical (unpaired) electrons. The molecule has 1 aliphatic carbocycles. The van der Waals surface area contributed by atoms with Gasteiger partial charge in [0.15, 0.2) is 0 Å². The summed E-state index contributed by atoms with van der Waals surface area (Å²) >= 11 is 0. The monoisotopic (exact) mass is 452 g/mol. The Bertz CT molecular complexity index is 945. The molecule has 0 saturated heterocycles. The molecule has 1 aliphatic rings. The van der Waals surface area contributed by atoms with Crippen molar-refractivity contribution in [1.29, 1.82) is 0 Å². The topological polar surface area (TPSA) is 105 Å². The Balaban J connectivity index is 1.52. The number of amides is 2. The summed E-state index contributed by atoms with van der Waals surface area (Å²) in [5.74, 6) is -1.12. The summed E-state index contributed by atoms with van der Waals surface area (Å²) in [6.07, 6.45) is 1.18. The first-order valence-corrected chi connectivity index (χ1v) is 11.6. The van der Waals surface area contributed by atoms with Gasteiger partial charge in [-0.15, -0.1) is 0 Å². The highest BCUT2D eigenvalue weighted by Crippen LogP contribution is 2.44. The van der Waals surface area contributed by atoms with E-state index < -0.39 is 12.1 Å². The van der Waals surface area contributed by atoms with Gasteiger partial charge in [0.05, 0.1) is 0 Å². The second-order valence-electron chi connectivity index (χ2n) is 8.38. The molecule has 0 aromatic heterocycles. The van der Waals surface area contributed by atoms with Gasteiger partial charge in [0.1, 0.15) is 6.61 Å². The van der Waals surface area contributed by atoms with Gasteiger partial charge >= 0.3 is 12.1 Å². The Morgan fingerprint density at radius 2 is 1.48 bits per heavy atom. The van der Waals surface area contributed by atoms with Gasteiger partial charge in [-0.05, 0) is 41.5 Å². The first-order chi connectivity index (χ1) is 15.9. The molecule has 0 aliphatic heterocycles. The molecule has 0 bridgehead atoms. The number of alkyl carbamates (subject to hydrolysis) is 1. The number of carboxylic acids is 1. The number of carbonyl (C=O) groups excluding carboxylic acids is 2. The van der Waals surface area contributed by atoms with Crippen LogP contribution < -0.4 is 10.6 Å². The average Bonchev–Trinajstić information content (AvgIpc) is 3.13. The number of hydrogen-bond acceptors (Lipinski definition) is 4. The molecular weight excluding hydrogens is 420 g/mol. The van der Waals surface area contributed by atoms with Crippen LogP contribution in [0.3, 0.4) is 0 Å². The molecular formula is C26H32N2O5. The van der Waals surface area contributed by atoms with Crippen molar-refractivity contribution in [1.82, 2.24) is 10.6 Å². The molecule has 2 aromatic carbocycles. The highest BCUT2D eigenvalue weighted by molar-refractivity contribution is 5.79. The Morgan fingerprint density at radius 1 is 0.909 bits per heavy atom. The fourth-order valence-electron chi connectivity index (χ4n) is 4.29. The number of benzene rings is 2. The number of aliphatic carboxylic acids is 1. The highest BCUT2D eigenvalue weighted by Gasteiger charge is 2.29. The van der Waals surface area contributed by atoms with E-state index in [2.05, 4.69) is 34.9 Å². The number of ether oxygens (including phenoxy) is 1. The smallest absolute Gasteiger partial charge is 0.407 e. The van der Waals surface area contributed by atoms with Crippen LogP contribution >= 0.6 is 0 Å². The van der Waals surface area contributed by atoms with E-state index in [4.69, 9.17) is 9.84 Å². The van der Waals surface area contributed by atoms with E-state index in [0.717, 1.165) is 11.1 Å². The summed E-state index contributed by atoms with van der Waals surface area (Å²) in [6, 6.07) is 15.7. The van der Waals surface area contributed by atoms with Gasteiger partial charge in [0.25, 0.3) is 0 Å². The van der Waals surface area contributed by atoms with Crippen LogP contribution in [0.4, 0.5) is 4.79 Å². The fraction of sp³-hybridized carbons (Fsp3) is 0.423. The number of carboxylic acid groups (broad SMARTS) is 1. The summed E-state index contributed by atoms with van der Waals surface area (Å²) < 4.78 is 5.57. The van der Waals surface area contributed by atoms with E-state index in [0.29, 0.717) is 19.3 Å². The number of rotatable bonds is 11. The fourth-order valence-corrected chi connectivity index (χ4v) is 4.29. The zero-order chi connectivity index (χ0) is 23.8. The minimum absolute atomic E-state index is 0.00793. The first kappa shape index (κ1) is 24.3. The molecule has 0 spiro atoms. The molecule has 7 nitrogen and oxygen atoms in total. The first-order valence-electron chi connectivity index (χ1n) is 11.6. The van der Waals surface area contributed by atoms with Crippen molar-refractivity contribution in [3.05, 3.63) is 59.7 Å². The Morgan fingerprint density at radius 3 is 2.03 bits per heavy atom. The lowest BCUT2D eigenvalue weighted by atomic mass is 9.98. The standard InChI is InChI=1S/C26H32N2O5/c1-3-17(13-14-25(30)31)27-24(29)15-18(4-2)28-26(32)33-16-23-21-11-7-5-9-19(21)20-10-6-8-12-22(20)23/h5-12,17-18,23H,3-4,13-16H2,1-2H3,(H,27,29)(H,28,32)(H,30,31)/t17?,18-/m0/s1. The van der Waals surface area contributed by atoms with Crippen LogP contribution in [0.25, 0.3) is 11.1 Å². The van der Waals surface area contributed by atoms with Crippen LogP contribution in [0.1, 0.15) is 63.0 Å². The highest BCUT2D eigenvalue weighted by atomic mass is 16.5. The van der Waals surface area contributed by atoms with Gasteiger partial charge in [-0.25, -0.2) is 4.79 Å². The SMILES string of the molecule is CCC(CCC(=O)O)NC(=O)C[C@H](CC)NC(=O)OCC1c2ccccc2-c2ccccc21. The van der Waals surface area contributed by atoms with Crippen LogP contribution in [0.15, 0.2) is 48.5 Å². The molecule has 176 valence electrons. The molecule has 2 atom stereocenters. The zero-order valence-corrected chi connectivity index (χ0v) is 19.2. The third-order valence-electron chi connectivity index (χ3n) is 6.15. The van der Waals surface area contributed by atoms with Crippen LogP contribution in [-0.2, 0) is 14.3 Å². The average molecular weight is 453 g/mol. The van der Waals surface area contributed by atoms with Gasteiger partial charge in [-0.3, -0.25) is 9.59 Å². The van der Waals surface area contributed by atoms with E-state index in [1.807, 2.05) is 38.1 Å². The molecule has 7 heteroatoms. The number of fused-ring (bicyclic) bond motifs is 3. The molecule has 3 N–H and O–H groups in total. The number of nitrogens with one attached hydrogen (secondary N) is 2. The van der Waals surface area contributed by atoms with Crippen LogP contribution in [0, 0.1) is 0 Å². The minimum Gasteiger partial charge on any atom is -0.481 e. The van der Waals surface area contributed by atoms with Crippen molar-refractivity contribution in [2.45, 2.75) is 64.0 Å². The number of hydrogen-bond donors (Lipinski definition) is 3. The van der Waals surface area contributed by atoms with Crippen molar-refractivity contribution in [3.8, 4) is 11.1 Å². The van der Waals surface area contributed by atoms with Crippen LogP contribution in [0.5, 0.6) is 0 Å². The predicted molar refractivity (Wildman–Crippen MR) is 126 cm³/mol. The maximum atomic E-state index is 12.5. The van der Waals surface area contributed by atoms with Crippen molar-refractivity contribution in [3.63, 3.8) is 0 Å². The van der Waals surface area contributed by atoms with Crippen molar-refractivity contribution >= 4 is 18.0 Å². The zero-order valence-electron chi connectivity index (χ0n) is 19.2. The molecule has 0 heterocycles. The molecule has 1 unspecified atom stereocenters. The summed E-state index contributed by atoms with van der Waals surface area (Å²) in [7, 11) is 0. The van der Waals surface area contributed by atoms with Gasteiger partial charge in [0, 0.05) is 30.8 Å². The molecule has 2 amide bonds. The Labute approximate surface area is 194 Å². The van der Waals surface area contributed by atoms with Crippen LogP contribution in [0.2, 0.25) is 0 Å². The van der Waals surface area contributed by atoms with Gasteiger partial charge in [-0.1, -0.05) is 62.4 Å². The molecule has 0 fully saturated rings. The molecule has 2 aromatic rings. The molecule has 0 saturated carbocycles. The summed E-state index contributed by atoms with van der Waals surface area (Å²) in [5.41, 5.74) is 4.62. The normalized spacial score (nSPS) is 14.0. The van der Waals surface area contributed by atoms with E-state index in [-0.39, 0.29) is 43.4 Å². The predicted octanol–water partition coefficient (Wildman–Crippen LogP) is 4.45. The lowest BCUT2D eigenvalue weighted by Gasteiger charge is -2.21. The Kier molecular flexibility index (Phi) is 8.46. The van der Waals surface area contributed by atoms with Gasteiger partial charge in [-0.2, -0.15) is 0 Å². The lowest BCUT2D eigenvalue weighted by Crippen LogP contribution is -2.42. The summed E-state index contributed by atoms with van der Waals surface area (Å²) in [6.45, 7) is 4.01. The van der Waals surface area contributed by atoms with Crippen LogP contribution in [-0.4, -0.2) is 41.8 Å². The van der Waals surface area contributed by atoms with Crippen molar-refractivity contribution in [2.75, 3.05) is 6.61 Å². The second kappa shape index (κ2) is 11.5. The quantitative estimate of drug-likeness (QED) is 0.467. The summed E-state index contributed by atoms with van der Waals surface area (Å²) in [5, 5.41) is 14.5. The number of carbonyl (C=O) groups is 3. The van der Waals surface area contributed by atoms with Crippen molar-refractivity contribution in [2.24, 2.45) is 0 Å². The maximum Gasteiger partial charge on any atom is 0.407 e. The van der Waals surface area contributed by atoms with Gasteiger partial charge < -0.3 is 20.5 Å². The summed E-state index contributed by atoms with van der Waals surface area (Å²) in [4.78, 5) is 35.7. The molecule has 33 heavy (non-hydrogen) atoms. The third kappa shape index (κ3) is 6.34. The molecule has 3 rings (SSSR count). The minimum atomic E-state index is -0.883. The second-order valence-corrected chi connectivity index (χ2v) is 8.38. The van der Waals surface area contributed by atoms with E-state index >= 15 is 0 Å². The lowest BCUT2D eigenvalue weighted by molar-refractivity contribution is -0.137. The van der Waals surface area contributed by atoms with Gasteiger partial charge in [0.2, 0.25) is 5.91 Å². The Hall–Kier alpha value is -3.35. The van der Waals surface area contributed by atoms with E-state index in [1.54, 1.807) is 0 Å². The van der Waals surface area contributed by atoms with Crippen molar-refractivity contribution < 1.29 is 24.2 Å².